The summed E-state index contributed by atoms with van der Waals surface area (Å²) >= 11 is 1.75. The SMILES string of the molecule is CCCNCc1sc(-c2ncc(C)cc2C)nc1C. The summed E-state index contributed by atoms with van der Waals surface area (Å²) in [5.74, 6) is 0. The summed E-state index contributed by atoms with van der Waals surface area (Å²) in [5, 5.41) is 4.46. The lowest BCUT2D eigenvalue weighted by Crippen LogP contribution is -2.13. The molecule has 0 atom stereocenters. The van der Waals surface area contributed by atoms with Crippen LogP contribution in [-0.2, 0) is 6.54 Å². The van der Waals surface area contributed by atoms with E-state index >= 15 is 0 Å². The summed E-state index contributed by atoms with van der Waals surface area (Å²) in [7, 11) is 0. The summed E-state index contributed by atoms with van der Waals surface area (Å²) in [6, 6.07) is 2.16. The average Bonchev–Trinajstić information content (AvgIpc) is 2.71. The van der Waals surface area contributed by atoms with Crippen LogP contribution in [0.15, 0.2) is 12.3 Å². The van der Waals surface area contributed by atoms with Crippen molar-refractivity contribution in [3.05, 3.63) is 34.0 Å². The fourth-order valence-electron chi connectivity index (χ4n) is 2.01. The second-order valence-corrected chi connectivity index (χ2v) is 5.97. The van der Waals surface area contributed by atoms with Gasteiger partial charge in [-0.3, -0.25) is 4.98 Å². The Balaban J connectivity index is 2.23. The van der Waals surface area contributed by atoms with E-state index in [9.17, 15) is 0 Å². The van der Waals surface area contributed by atoms with Crippen molar-refractivity contribution in [1.82, 2.24) is 15.3 Å². The molecule has 2 heterocycles. The number of aromatic nitrogens is 2. The van der Waals surface area contributed by atoms with Crippen LogP contribution in [0.4, 0.5) is 0 Å². The molecule has 2 aromatic heterocycles. The minimum atomic E-state index is 0.905. The molecule has 0 aliphatic rings. The second kappa shape index (κ2) is 6.26. The third-order valence-corrected chi connectivity index (χ3v) is 4.19. The average molecular weight is 275 g/mol. The quantitative estimate of drug-likeness (QED) is 0.847. The van der Waals surface area contributed by atoms with E-state index < -0.39 is 0 Å². The predicted molar refractivity (Wildman–Crippen MR) is 81.6 cm³/mol. The smallest absolute Gasteiger partial charge is 0.142 e. The molecular weight excluding hydrogens is 254 g/mol. The zero-order chi connectivity index (χ0) is 13.8. The molecule has 0 bridgehead atoms. The Bertz CT molecular complexity index is 561. The lowest BCUT2D eigenvalue weighted by atomic mass is 10.2. The van der Waals surface area contributed by atoms with E-state index in [1.807, 2.05) is 6.20 Å². The molecule has 0 fully saturated rings. The van der Waals surface area contributed by atoms with Crippen molar-refractivity contribution in [3.63, 3.8) is 0 Å². The van der Waals surface area contributed by atoms with E-state index in [1.54, 1.807) is 11.3 Å². The first kappa shape index (κ1) is 14.2. The summed E-state index contributed by atoms with van der Waals surface area (Å²) in [4.78, 5) is 10.5. The predicted octanol–water partition coefficient (Wildman–Crippen LogP) is 3.63. The van der Waals surface area contributed by atoms with Gasteiger partial charge in [-0.25, -0.2) is 4.98 Å². The Morgan fingerprint density at radius 3 is 2.74 bits per heavy atom. The highest BCUT2D eigenvalue weighted by Gasteiger charge is 2.12. The summed E-state index contributed by atoms with van der Waals surface area (Å²) < 4.78 is 0. The summed E-state index contributed by atoms with van der Waals surface area (Å²) in [6.07, 6.45) is 3.07. The van der Waals surface area contributed by atoms with Crippen LogP contribution in [0, 0.1) is 20.8 Å². The molecule has 0 amide bonds. The lowest BCUT2D eigenvalue weighted by Gasteiger charge is -2.02. The molecule has 2 rings (SSSR count). The Morgan fingerprint density at radius 2 is 2.05 bits per heavy atom. The number of rotatable bonds is 5. The number of hydrogen-bond donors (Lipinski definition) is 1. The molecule has 0 spiro atoms. The summed E-state index contributed by atoms with van der Waals surface area (Å²) in [5.41, 5.74) is 4.52. The van der Waals surface area contributed by atoms with Gasteiger partial charge in [-0.15, -0.1) is 11.3 Å². The number of aryl methyl sites for hydroxylation is 3. The molecule has 2 aromatic rings. The monoisotopic (exact) mass is 275 g/mol. The topological polar surface area (TPSA) is 37.8 Å². The van der Waals surface area contributed by atoms with Crippen LogP contribution in [-0.4, -0.2) is 16.5 Å². The van der Waals surface area contributed by atoms with Crippen molar-refractivity contribution in [2.75, 3.05) is 6.54 Å². The van der Waals surface area contributed by atoms with E-state index in [1.165, 1.54) is 16.0 Å². The first-order valence-corrected chi connectivity index (χ1v) is 7.54. The van der Waals surface area contributed by atoms with Crippen LogP contribution < -0.4 is 5.32 Å². The Hall–Kier alpha value is -1.26. The minimum absolute atomic E-state index is 0.905. The number of hydrogen-bond acceptors (Lipinski definition) is 4. The molecule has 0 aliphatic carbocycles. The van der Waals surface area contributed by atoms with Gasteiger partial charge in [0.2, 0.25) is 0 Å². The van der Waals surface area contributed by atoms with Gasteiger partial charge in [-0.2, -0.15) is 0 Å². The maximum Gasteiger partial charge on any atom is 0.142 e. The van der Waals surface area contributed by atoms with Crippen LogP contribution in [0.2, 0.25) is 0 Å². The van der Waals surface area contributed by atoms with Crippen molar-refractivity contribution >= 4 is 11.3 Å². The molecule has 0 saturated carbocycles. The highest BCUT2D eigenvalue weighted by molar-refractivity contribution is 7.15. The van der Waals surface area contributed by atoms with Crippen LogP contribution >= 0.6 is 11.3 Å². The van der Waals surface area contributed by atoms with Crippen molar-refractivity contribution in [3.8, 4) is 10.7 Å². The molecule has 4 heteroatoms. The number of nitrogens with one attached hydrogen (secondary N) is 1. The van der Waals surface area contributed by atoms with Gasteiger partial charge in [0.25, 0.3) is 0 Å². The maximum absolute atomic E-state index is 4.67. The third kappa shape index (κ3) is 3.39. The lowest BCUT2D eigenvalue weighted by molar-refractivity contribution is 0.678. The Kier molecular flexibility index (Phi) is 4.66. The Morgan fingerprint density at radius 1 is 1.26 bits per heavy atom. The van der Waals surface area contributed by atoms with Crippen molar-refractivity contribution in [1.29, 1.82) is 0 Å². The van der Waals surface area contributed by atoms with Crippen LogP contribution in [0.5, 0.6) is 0 Å². The highest BCUT2D eigenvalue weighted by Crippen LogP contribution is 2.28. The minimum Gasteiger partial charge on any atom is -0.312 e. The largest absolute Gasteiger partial charge is 0.312 e. The first-order chi connectivity index (χ1) is 9.11. The molecule has 0 saturated heterocycles. The fourth-order valence-corrected chi connectivity index (χ4v) is 3.11. The van der Waals surface area contributed by atoms with Gasteiger partial charge in [0.15, 0.2) is 0 Å². The maximum atomic E-state index is 4.67. The van der Waals surface area contributed by atoms with Gasteiger partial charge in [0.05, 0.1) is 5.69 Å². The van der Waals surface area contributed by atoms with Crippen molar-refractivity contribution < 1.29 is 0 Å². The van der Waals surface area contributed by atoms with Crippen molar-refractivity contribution in [2.45, 2.75) is 40.7 Å². The normalized spacial score (nSPS) is 10.9. The first-order valence-electron chi connectivity index (χ1n) is 6.72. The number of nitrogens with zero attached hydrogens (tertiary/aromatic N) is 2. The van der Waals surface area contributed by atoms with Gasteiger partial charge in [-0.1, -0.05) is 13.0 Å². The third-order valence-electron chi connectivity index (χ3n) is 3.02. The highest BCUT2D eigenvalue weighted by atomic mass is 32.1. The fraction of sp³-hybridized carbons (Fsp3) is 0.467. The van der Waals surface area contributed by atoms with E-state index in [-0.39, 0.29) is 0 Å². The molecule has 19 heavy (non-hydrogen) atoms. The zero-order valence-corrected chi connectivity index (χ0v) is 12.9. The van der Waals surface area contributed by atoms with Gasteiger partial charge < -0.3 is 5.32 Å². The van der Waals surface area contributed by atoms with E-state index in [0.29, 0.717) is 0 Å². The molecule has 0 aromatic carbocycles. The zero-order valence-electron chi connectivity index (χ0n) is 12.1. The van der Waals surface area contributed by atoms with Crippen LogP contribution in [0.1, 0.15) is 35.0 Å². The van der Waals surface area contributed by atoms with Gasteiger partial charge in [0, 0.05) is 17.6 Å². The molecule has 3 nitrogen and oxygen atoms in total. The summed E-state index contributed by atoms with van der Waals surface area (Å²) in [6.45, 7) is 10.4. The molecule has 0 aliphatic heterocycles. The van der Waals surface area contributed by atoms with E-state index in [2.05, 4.69) is 49.0 Å². The molecule has 0 unspecified atom stereocenters. The van der Waals surface area contributed by atoms with Gasteiger partial charge >= 0.3 is 0 Å². The van der Waals surface area contributed by atoms with Crippen LogP contribution in [0.3, 0.4) is 0 Å². The van der Waals surface area contributed by atoms with Gasteiger partial charge in [-0.05, 0) is 44.9 Å². The second-order valence-electron chi connectivity index (χ2n) is 4.88. The Labute approximate surface area is 119 Å². The van der Waals surface area contributed by atoms with Crippen molar-refractivity contribution in [2.24, 2.45) is 0 Å². The molecular formula is C15H21N3S. The van der Waals surface area contributed by atoms with Gasteiger partial charge in [0.1, 0.15) is 10.7 Å². The molecule has 0 radical (unpaired) electrons. The molecule has 1 N–H and O–H groups in total. The van der Waals surface area contributed by atoms with E-state index in [0.717, 1.165) is 35.9 Å². The number of pyridine rings is 1. The van der Waals surface area contributed by atoms with E-state index in [4.69, 9.17) is 0 Å². The van der Waals surface area contributed by atoms with Crippen LogP contribution in [0.25, 0.3) is 10.7 Å². The molecule has 102 valence electrons. The standard InChI is InChI=1S/C15H21N3S/c1-5-6-16-9-13-12(4)18-15(19-13)14-11(3)7-10(2)8-17-14/h7-8,16H,5-6,9H2,1-4H3. The number of thiazole rings is 1.